The van der Waals surface area contributed by atoms with Gasteiger partial charge in [-0.25, -0.2) is 13.2 Å². The third-order valence-electron chi connectivity index (χ3n) is 4.71. The molecule has 1 unspecified atom stereocenters. The Morgan fingerprint density at radius 1 is 1.08 bits per heavy atom. The number of nitrogens with zero attached hydrogens (tertiary/aromatic N) is 1. The number of halogens is 3. The molecule has 0 radical (unpaired) electrons. The summed E-state index contributed by atoms with van der Waals surface area (Å²) in [5.41, 5.74) is -0.0331. The molecule has 25 heavy (non-hydrogen) atoms. The van der Waals surface area contributed by atoms with Crippen molar-refractivity contribution >= 4 is 5.91 Å². The average molecular weight is 349 g/mol. The van der Waals surface area contributed by atoms with Crippen molar-refractivity contribution in [1.29, 1.82) is 0 Å². The van der Waals surface area contributed by atoms with Crippen LogP contribution in [0.5, 0.6) is 0 Å². The van der Waals surface area contributed by atoms with E-state index in [1.54, 1.807) is 12.1 Å². The highest BCUT2D eigenvalue weighted by atomic mass is 19.1. The van der Waals surface area contributed by atoms with E-state index in [1.807, 2.05) is 0 Å². The van der Waals surface area contributed by atoms with E-state index in [1.165, 1.54) is 17.0 Å². The molecular formula is C19H18F3NO2. The van der Waals surface area contributed by atoms with E-state index < -0.39 is 23.0 Å². The summed E-state index contributed by atoms with van der Waals surface area (Å²) in [4.78, 5) is 13.9. The number of benzene rings is 2. The first-order valence-electron chi connectivity index (χ1n) is 8.02. The largest absolute Gasteiger partial charge is 0.396 e. The average Bonchev–Trinajstić information content (AvgIpc) is 3.03. The second-order valence-electron chi connectivity index (χ2n) is 6.56. The first kappa shape index (κ1) is 17.5. The molecule has 0 bridgehead atoms. The number of hydrogen-bond donors (Lipinski definition) is 1. The fraction of sp³-hybridized carbons (Fsp3) is 0.316. The van der Waals surface area contributed by atoms with Gasteiger partial charge in [-0.3, -0.25) is 4.79 Å². The van der Waals surface area contributed by atoms with Crippen molar-refractivity contribution in [3.63, 3.8) is 0 Å². The van der Waals surface area contributed by atoms with Crippen LogP contribution in [0.1, 0.15) is 22.3 Å². The molecule has 3 nitrogen and oxygen atoms in total. The van der Waals surface area contributed by atoms with E-state index in [0.29, 0.717) is 19.4 Å². The normalized spacial score (nSPS) is 20.1. The first-order chi connectivity index (χ1) is 11.9. The van der Waals surface area contributed by atoms with Crippen LogP contribution < -0.4 is 0 Å². The van der Waals surface area contributed by atoms with E-state index in [-0.39, 0.29) is 24.5 Å². The van der Waals surface area contributed by atoms with E-state index in [0.717, 1.165) is 23.8 Å². The highest BCUT2D eigenvalue weighted by Gasteiger charge is 2.40. The maximum absolute atomic E-state index is 13.8. The minimum absolute atomic E-state index is 0.153. The highest BCUT2D eigenvalue weighted by Crippen LogP contribution is 2.35. The molecule has 132 valence electrons. The van der Waals surface area contributed by atoms with E-state index in [2.05, 4.69) is 0 Å². The Kier molecular flexibility index (Phi) is 4.81. The van der Waals surface area contributed by atoms with Crippen LogP contribution in [0, 0.1) is 22.9 Å². The van der Waals surface area contributed by atoms with E-state index in [9.17, 15) is 23.1 Å². The van der Waals surface area contributed by atoms with Crippen LogP contribution in [-0.4, -0.2) is 35.6 Å². The molecule has 1 saturated heterocycles. The number of rotatable bonds is 4. The van der Waals surface area contributed by atoms with Crippen molar-refractivity contribution in [2.45, 2.75) is 12.8 Å². The smallest absolute Gasteiger partial charge is 0.256 e. The molecule has 0 saturated carbocycles. The van der Waals surface area contributed by atoms with Crippen molar-refractivity contribution in [2.24, 2.45) is 5.41 Å². The van der Waals surface area contributed by atoms with Gasteiger partial charge in [0.15, 0.2) is 0 Å². The molecule has 1 heterocycles. The Balaban J connectivity index is 1.77. The quantitative estimate of drug-likeness (QED) is 0.921. The van der Waals surface area contributed by atoms with Gasteiger partial charge in [-0.1, -0.05) is 12.1 Å². The van der Waals surface area contributed by atoms with Crippen LogP contribution in [0.15, 0.2) is 42.5 Å². The predicted octanol–water partition coefficient (Wildman–Crippen LogP) is 3.17. The maximum Gasteiger partial charge on any atom is 0.256 e. The molecule has 0 aliphatic carbocycles. The SMILES string of the molecule is O=C(c1cc(F)ccc1F)N1CCC(CO)(Cc2ccc(F)cc2)C1. The van der Waals surface area contributed by atoms with Crippen molar-refractivity contribution in [3.8, 4) is 0 Å². The van der Waals surface area contributed by atoms with Crippen LogP contribution >= 0.6 is 0 Å². The Hall–Kier alpha value is -2.34. The van der Waals surface area contributed by atoms with Gasteiger partial charge in [-0.15, -0.1) is 0 Å². The van der Waals surface area contributed by atoms with Crippen molar-refractivity contribution in [3.05, 3.63) is 71.0 Å². The zero-order valence-electron chi connectivity index (χ0n) is 13.5. The number of amides is 1. The number of carbonyl (C=O) groups is 1. The number of likely N-dealkylation sites (tertiary alicyclic amines) is 1. The fourth-order valence-corrected chi connectivity index (χ4v) is 3.30. The van der Waals surface area contributed by atoms with Gasteiger partial charge < -0.3 is 10.0 Å². The van der Waals surface area contributed by atoms with Crippen LogP contribution in [0.3, 0.4) is 0 Å². The Labute approximate surface area is 143 Å². The van der Waals surface area contributed by atoms with Gasteiger partial charge in [0.25, 0.3) is 5.91 Å². The van der Waals surface area contributed by atoms with E-state index in [4.69, 9.17) is 0 Å². The summed E-state index contributed by atoms with van der Waals surface area (Å²) in [5.74, 6) is -2.38. The summed E-state index contributed by atoms with van der Waals surface area (Å²) < 4.78 is 40.2. The zero-order chi connectivity index (χ0) is 18.0. The summed E-state index contributed by atoms with van der Waals surface area (Å²) >= 11 is 0. The van der Waals surface area contributed by atoms with Crippen LogP contribution in [0.2, 0.25) is 0 Å². The molecule has 6 heteroatoms. The minimum atomic E-state index is -0.772. The number of carbonyl (C=O) groups excluding carboxylic acids is 1. The van der Waals surface area contributed by atoms with Crippen LogP contribution in [0.25, 0.3) is 0 Å². The molecule has 2 aromatic carbocycles. The summed E-state index contributed by atoms with van der Waals surface area (Å²) in [6.45, 7) is 0.423. The molecule has 1 fully saturated rings. The Bertz CT molecular complexity index is 779. The predicted molar refractivity (Wildman–Crippen MR) is 86.5 cm³/mol. The lowest BCUT2D eigenvalue weighted by Crippen LogP contribution is -2.35. The second-order valence-corrected chi connectivity index (χ2v) is 6.56. The molecule has 1 amide bonds. The molecule has 3 rings (SSSR count). The standard InChI is InChI=1S/C19H18F3NO2/c20-14-3-1-13(2-4-14)10-19(12-24)7-8-23(11-19)18(25)16-9-15(21)5-6-17(16)22/h1-6,9,24H,7-8,10-12H2. The molecule has 0 aromatic heterocycles. The van der Waals surface area contributed by atoms with Crippen LogP contribution in [-0.2, 0) is 6.42 Å². The molecular weight excluding hydrogens is 331 g/mol. The zero-order valence-corrected chi connectivity index (χ0v) is 13.5. The third-order valence-corrected chi connectivity index (χ3v) is 4.71. The second kappa shape index (κ2) is 6.88. The highest BCUT2D eigenvalue weighted by molar-refractivity contribution is 5.94. The molecule has 1 aliphatic heterocycles. The van der Waals surface area contributed by atoms with Gasteiger partial charge in [0, 0.05) is 18.5 Å². The maximum atomic E-state index is 13.8. The lowest BCUT2D eigenvalue weighted by molar-refractivity contribution is 0.0734. The molecule has 1 atom stereocenters. The topological polar surface area (TPSA) is 40.5 Å². The lowest BCUT2D eigenvalue weighted by Gasteiger charge is -2.27. The molecule has 1 N–H and O–H groups in total. The molecule has 2 aromatic rings. The lowest BCUT2D eigenvalue weighted by atomic mass is 9.81. The fourth-order valence-electron chi connectivity index (χ4n) is 3.30. The van der Waals surface area contributed by atoms with Crippen molar-refractivity contribution in [1.82, 2.24) is 4.90 Å². The van der Waals surface area contributed by atoms with Crippen molar-refractivity contribution in [2.75, 3.05) is 19.7 Å². The monoisotopic (exact) mass is 349 g/mol. The van der Waals surface area contributed by atoms with E-state index >= 15 is 0 Å². The third kappa shape index (κ3) is 3.69. The minimum Gasteiger partial charge on any atom is -0.396 e. The van der Waals surface area contributed by atoms with Gasteiger partial charge in [-0.05, 0) is 48.7 Å². The van der Waals surface area contributed by atoms with Crippen LogP contribution in [0.4, 0.5) is 13.2 Å². The summed E-state index contributed by atoms with van der Waals surface area (Å²) in [6, 6.07) is 8.75. The number of hydrogen-bond acceptors (Lipinski definition) is 2. The van der Waals surface area contributed by atoms with Gasteiger partial charge >= 0.3 is 0 Å². The Morgan fingerprint density at radius 3 is 2.44 bits per heavy atom. The van der Waals surface area contributed by atoms with Gasteiger partial charge in [0.2, 0.25) is 0 Å². The van der Waals surface area contributed by atoms with Crippen molar-refractivity contribution < 1.29 is 23.1 Å². The van der Waals surface area contributed by atoms with Gasteiger partial charge in [0.1, 0.15) is 17.5 Å². The molecule has 1 aliphatic rings. The van der Waals surface area contributed by atoms with Gasteiger partial charge in [-0.2, -0.15) is 0 Å². The number of aliphatic hydroxyl groups is 1. The van der Waals surface area contributed by atoms with Gasteiger partial charge in [0.05, 0.1) is 12.2 Å². The summed E-state index contributed by atoms with van der Waals surface area (Å²) in [7, 11) is 0. The summed E-state index contributed by atoms with van der Waals surface area (Å²) in [6.07, 6.45) is 1.00. The number of aliphatic hydroxyl groups excluding tert-OH is 1. The Morgan fingerprint density at radius 2 is 1.76 bits per heavy atom. The summed E-state index contributed by atoms with van der Waals surface area (Å²) in [5, 5.41) is 9.86. The molecule has 0 spiro atoms. The first-order valence-corrected chi connectivity index (χ1v) is 8.02.